The monoisotopic (exact) mass is 155 g/mol. The molecule has 0 amide bonds. The lowest BCUT2D eigenvalue weighted by molar-refractivity contribution is 0.0359. The molecule has 0 aromatic rings. The zero-order valence-corrected chi connectivity index (χ0v) is 7.01. The molecule has 1 saturated heterocycles. The number of hydrogen-bond acceptors (Lipinski definition) is 2. The lowest BCUT2D eigenvalue weighted by Gasteiger charge is -2.22. The molecule has 2 rings (SSSR count). The van der Waals surface area contributed by atoms with Crippen LogP contribution in [0.2, 0.25) is 0 Å². The quantitative estimate of drug-likeness (QED) is 0.649. The summed E-state index contributed by atoms with van der Waals surface area (Å²) in [5, 5.41) is 0. The summed E-state index contributed by atoms with van der Waals surface area (Å²) < 4.78 is 5.48. The minimum atomic E-state index is 0.595. The number of nitrogens with two attached hydrogens (primary N) is 1. The zero-order chi connectivity index (χ0) is 7.73. The summed E-state index contributed by atoms with van der Waals surface area (Å²) in [6.45, 7) is 2.85. The molecule has 1 aliphatic heterocycles. The van der Waals surface area contributed by atoms with Crippen LogP contribution in [-0.4, -0.2) is 19.8 Å². The van der Waals surface area contributed by atoms with Gasteiger partial charge in [0.15, 0.2) is 0 Å². The van der Waals surface area contributed by atoms with Crippen LogP contribution in [0.1, 0.15) is 25.7 Å². The van der Waals surface area contributed by atoms with Crippen molar-refractivity contribution in [2.45, 2.75) is 25.7 Å². The largest absolute Gasteiger partial charge is 0.381 e. The molecule has 0 radical (unpaired) electrons. The third kappa shape index (κ3) is 1.30. The lowest BCUT2D eigenvalue weighted by Crippen LogP contribution is -2.21. The fraction of sp³-hybridized carbons (Fsp3) is 1.00. The van der Waals surface area contributed by atoms with Gasteiger partial charge in [-0.2, -0.15) is 0 Å². The third-order valence-electron chi connectivity index (χ3n) is 3.23. The van der Waals surface area contributed by atoms with Gasteiger partial charge >= 0.3 is 0 Å². The van der Waals surface area contributed by atoms with Crippen LogP contribution >= 0.6 is 0 Å². The van der Waals surface area contributed by atoms with Crippen molar-refractivity contribution in [3.63, 3.8) is 0 Å². The molecule has 0 bridgehead atoms. The van der Waals surface area contributed by atoms with Gasteiger partial charge in [0, 0.05) is 6.61 Å². The van der Waals surface area contributed by atoms with E-state index < -0.39 is 0 Å². The Balaban J connectivity index is 1.84. The van der Waals surface area contributed by atoms with Crippen molar-refractivity contribution in [2.24, 2.45) is 17.1 Å². The molecule has 1 heterocycles. The van der Waals surface area contributed by atoms with Crippen LogP contribution in [0.4, 0.5) is 0 Å². The van der Waals surface area contributed by atoms with Crippen LogP contribution in [-0.2, 0) is 4.74 Å². The average molecular weight is 155 g/mol. The molecule has 1 spiro atoms. The van der Waals surface area contributed by atoms with Crippen LogP contribution in [0.15, 0.2) is 0 Å². The SMILES string of the molecule is NCCC1CC12CCCOC2. The maximum atomic E-state index is 5.52. The van der Waals surface area contributed by atoms with Crippen LogP contribution in [0.5, 0.6) is 0 Å². The molecule has 2 unspecified atom stereocenters. The Labute approximate surface area is 68.1 Å². The van der Waals surface area contributed by atoms with Gasteiger partial charge in [0.25, 0.3) is 0 Å². The molecule has 2 fully saturated rings. The number of ether oxygens (including phenoxy) is 1. The van der Waals surface area contributed by atoms with Crippen LogP contribution in [0.25, 0.3) is 0 Å². The topological polar surface area (TPSA) is 35.2 Å². The van der Waals surface area contributed by atoms with Crippen molar-refractivity contribution < 1.29 is 4.74 Å². The third-order valence-corrected chi connectivity index (χ3v) is 3.23. The van der Waals surface area contributed by atoms with Gasteiger partial charge in [-0.25, -0.2) is 0 Å². The minimum Gasteiger partial charge on any atom is -0.381 e. The summed E-state index contributed by atoms with van der Waals surface area (Å²) in [6.07, 6.45) is 5.24. The molecule has 0 aromatic carbocycles. The van der Waals surface area contributed by atoms with Crippen molar-refractivity contribution in [3.05, 3.63) is 0 Å². The predicted octanol–water partition coefficient (Wildman–Crippen LogP) is 1.15. The molecular formula is C9H17NO. The van der Waals surface area contributed by atoms with Gasteiger partial charge in [-0.15, -0.1) is 0 Å². The highest BCUT2D eigenvalue weighted by Crippen LogP contribution is 2.58. The molecule has 2 N–H and O–H groups in total. The molecule has 2 heteroatoms. The van der Waals surface area contributed by atoms with Crippen molar-refractivity contribution in [3.8, 4) is 0 Å². The standard InChI is InChI=1S/C9H17NO/c10-4-2-8-6-9(8)3-1-5-11-7-9/h8H,1-7,10H2. The van der Waals surface area contributed by atoms with Crippen molar-refractivity contribution in [1.29, 1.82) is 0 Å². The summed E-state index contributed by atoms with van der Waals surface area (Å²) in [5.41, 5.74) is 6.11. The molecule has 0 aromatic heterocycles. The van der Waals surface area contributed by atoms with Crippen LogP contribution in [0, 0.1) is 11.3 Å². The van der Waals surface area contributed by atoms with E-state index in [0.717, 1.165) is 25.7 Å². The van der Waals surface area contributed by atoms with Gasteiger partial charge in [0.2, 0.25) is 0 Å². The van der Waals surface area contributed by atoms with Crippen LogP contribution in [0.3, 0.4) is 0 Å². The Hall–Kier alpha value is -0.0800. The lowest BCUT2D eigenvalue weighted by atomic mass is 9.95. The Morgan fingerprint density at radius 3 is 3.09 bits per heavy atom. The normalized spacial score (nSPS) is 42.8. The Morgan fingerprint density at radius 1 is 1.55 bits per heavy atom. The number of hydrogen-bond donors (Lipinski definition) is 1. The van der Waals surface area contributed by atoms with E-state index in [1.165, 1.54) is 25.7 Å². The highest BCUT2D eigenvalue weighted by atomic mass is 16.5. The summed E-state index contributed by atoms with van der Waals surface area (Å²) in [7, 11) is 0. The molecule has 2 nitrogen and oxygen atoms in total. The summed E-state index contributed by atoms with van der Waals surface area (Å²) >= 11 is 0. The average Bonchev–Trinajstić information content (AvgIpc) is 2.66. The van der Waals surface area contributed by atoms with E-state index in [1.807, 2.05) is 0 Å². The molecule has 1 saturated carbocycles. The van der Waals surface area contributed by atoms with E-state index in [4.69, 9.17) is 10.5 Å². The second kappa shape index (κ2) is 2.76. The second-order valence-electron chi connectivity index (χ2n) is 4.00. The van der Waals surface area contributed by atoms with Gasteiger partial charge in [-0.1, -0.05) is 0 Å². The van der Waals surface area contributed by atoms with Gasteiger partial charge < -0.3 is 10.5 Å². The van der Waals surface area contributed by atoms with E-state index in [9.17, 15) is 0 Å². The maximum Gasteiger partial charge on any atom is 0.0525 e. The molecule has 2 atom stereocenters. The smallest absolute Gasteiger partial charge is 0.0525 e. The highest BCUT2D eigenvalue weighted by molar-refractivity contribution is 5.02. The van der Waals surface area contributed by atoms with Crippen LogP contribution < -0.4 is 5.73 Å². The Morgan fingerprint density at radius 2 is 2.45 bits per heavy atom. The van der Waals surface area contributed by atoms with E-state index in [2.05, 4.69) is 0 Å². The van der Waals surface area contributed by atoms with E-state index in [1.54, 1.807) is 0 Å². The summed E-state index contributed by atoms with van der Waals surface area (Å²) in [4.78, 5) is 0. The predicted molar refractivity (Wildman–Crippen MR) is 44.3 cm³/mol. The molecular weight excluding hydrogens is 138 g/mol. The van der Waals surface area contributed by atoms with Crippen molar-refractivity contribution >= 4 is 0 Å². The molecule has 64 valence electrons. The fourth-order valence-corrected chi connectivity index (χ4v) is 2.40. The summed E-state index contributed by atoms with van der Waals surface area (Å²) in [6, 6.07) is 0. The Kier molecular flexibility index (Phi) is 1.90. The first kappa shape index (κ1) is 7.56. The Bertz CT molecular complexity index is 140. The van der Waals surface area contributed by atoms with Crippen molar-refractivity contribution in [1.82, 2.24) is 0 Å². The van der Waals surface area contributed by atoms with E-state index in [0.29, 0.717) is 5.41 Å². The fourth-order valence-electron chi connectivity index (χ4n) is 2.40. The van der Waals surface area contributed by atoms with E-state index in [-0.39, 0.29) is 0 Å². The van der Waals surface area contributed by atoms with E-state index >= 15 is 0 Å². The van der Waals surface area contributed by atoms with Gasteiger partial charge in [-0.05, 0) is 43.6 Å². The first-order valence-corrected chi connectivity index (χ1v) is 4.65. The molecule has 11 heavy (non-hydrogen) atoms. The molecule has 2 aliphatic rings. The van der Waals surface area contributed by atoms with Gasteiger partial charge in [-0.3, -0.25) is 0 Å². The number of rotatable bonds is 2. The molecule has 1 aliphatic carbocycles. The second-order valence-corrected chi connectivity index (χ2v) is 4.00. The summed E-state index contributed by atoms with van der Waals surface area (Å²) in [5.74, 6) is 0.896. The maximum absolute atomic E-state index is 5.52. The van der Waals surface area contributed by atoms with Crippen molar-refractivity contribution in [2.75, 3.05) is 19.8 Å². The van der Waals surface area contributed by atoms with Gasteiger partial charge in [0.05, 0.1) is 6.61 Å². The first-order valence-electron chi connectivity index (χ1n) is 4.65. The van der Waals surface area contributed by atoms with Gasteiger partial charge in [0.1, 0.15) is 0 Å². The zero-order valence-electron chi connectivity index (χ0n) is 7.01. The first-order chi connectivity index (χ1) is 5.37. The minimum absolute atomic E-state index is 0.595. The highest BCUT2D eigenvalue weighted by Gasteiger charge is 2.53.